The monoisotopic (exact) mass is 441 g/mol. The van der Waals surface area contributed by atoms with Crippen molar-refractivity contribution in [2.45, 2.75) is 37.4 Å². The molecule has 0 bridgehead atoms. The molecule has 0 spiro atoms. The quantitative estimate of drug-likeness (QED) is 0.511. The molecule has 1 aromatic carbocycles. The molecular formula is C21H23N5O2S2. The number of amides is 2. The molecule has 1 saturated heterocycles. The van der Waals surface area contributed by atoms with Gasteiger partial charge in [0.2, 0.25) is 11.8 Å². The molecule has 0 radical (unpaired) electrons. The van der Waals surface area contributed by atoms with Crippen molar-refractivity contribution in [3.63, 3.8) is 0 Å². The van der Waals surface area contributed by atoms with Gasteiger partial charge in [0, 0.05) is 47.9 Å². The fourth-order valence-corrected chi connectivity index (χ4v) is 4.88. The van der Waals surface area contributed by atoms with Crippen LogP contribution in [0.4, 0.5) is 11.4 Å². The number of rotatable bonds is 9. The molecule has 1 aliphatic rings. The molecule has 2 amide bonds. The second-order valence-electron chi connectivity index (χ2n) is 6.98. The highest BCUT2D eigenvalue weighted by Gasteiger charge is 2.21. The first-order chi connectivity index (χ1) is 14.7. The van der Waals surface area contributed by atoms with Gasteiger partial charge in [-0.25, -0.2) is 0 Å². The molecule has 0 saturated carbocycles. The number of hydrogen-bond donors (Lipinski definition) is 1. The highest BCUT2D eigenvalue weighted by atomic mass is 32.2. The van der Waals surface area contributed by atoms with Crippen LogP contribution < -0.4 is 10.2 Å². The molecule has 4 rings (SSSR count). The maximum atomic E-state index is 12.3. The second kappa shape index (κ2) is 9.90. The maximum Gasteiger partial charge on any atom is 0.227 e. The number of thiophene rings is 1. The fourth-order valence-electron chi connectivity index (χ4n) is 3.30. The van der Waals surface area contributed by atoms with Gasteiger partial charge in [-0.1, -0.05) is 17.8 Å². The summed E-state index contributed by atoms with van der Waals surface area (Å²) in [6.45, 7) is 1.59. The third kappa shape index (κ3) is 5.28. The number of nitrogens with zero attached hydrogens (tertiary/aromatic N) is 4. The predicted octanol–water partition coefficient (Wildman–Crippen LogP) is 3.83. The third-order valence-electron chi connectivity index (χ3n) is 4.86. The van der Waals surface area contributed by atoms with Crippen molar-refractivity contribution < 1.29 is 9.59 Å². The van der Waals surface area contributed by atoms with E-state index in [1.54, 1.807) is 22.6 Å². The zero-order valence-electron chi connectivity index (χ0n) is 16.5. The van der Waals surface area contributed by atoms with Crippen molar-refractivity contribution in [3.05, 3.63) is 53.0 Å². The summed E-state index contributed by atoms with van der Waals surface area (Å²) < 4.78 is 2.03. The SMILES string of the molecule is O=C(CCSc1nncn1CCc1cccs1)Nc1ccc(N2CCCC2=O)cc1. The highest BCUT2D eigenvalue weighted by Crippen LogP contribution is 2.23. The van der Waals surface area contributed by atoms with E-state index in [0.717, 1.165) is 42.5 Å². The molecular weight excluding hydrogens is 418 g/mol. The average molecular weight is 442 g/mol. The molecule has 1 fully saturated rings. The van der Waals surface area contributed by atoms with Crippen LogP contribution in [0.25, 0.3) is 0 Å². The molecule has 9 heteroatoms. The number of thioether (sulfide) groups is 1. The minimum atomic E-state index is -0.0443. The van der Waals surface area contributed by atoms with Gasteiger partial charge < -0.3 is 14.8 Å². The largest absolute Gasteiger partial charge is 0.326 e. The summed E-state index contributed by atoms with van der Waals surface area (Å²) >= 11 is 3.29. The summed E-state index contributed by atoms with van der Waals surface area (Å²) in [6, 6.07) is 11.6. The summed E-state index contributed by atoms with van der Waals surface area (Å²) in [4.78, 5) is 27.2. The van der Waals surface area contributed by atoms with E-state index in [4.69, 9.17) is 0 Å². The average Bonchev–Trinajstić information content (AvgIpc) is 3.49. The van der Waals surface area contributed by atoms with Crippen molar-refractivity contribution in [1.82, 2.24) is 14.8 Å². The van der Waals surface area contributed by atoms with Gasteiger partial charge in [-0.15, -0.1) is 21.5 Å². The number of aromatic nitrogens is 3. The molecule has 30 heavy (non-hydrogen) atoms. The zero-order valence-corrected chi connectivity index (χ0v) is 18.1. The van der Waals surface area contributed by atoms with Gasteiger partial charge in [-0.2, -0.15) is 0 Å². The minimum Gasteiger partial charge on any atom is -0.326 e. The maximum absolute atomic E-state index is 12.3. The first-order valence-electron chi connectivity index (χ1n) is 9.92. The van der Waals surface area contributed by atoms with Crippen LogP contribution in [0.1, 0.15) is 24.1 Å². The molecule has 7 nitrogen and oxygen atoms in total. The van der Waals surface area contributed by atoms with E-state index in [9.17, 15) is 9.59 Å². The van der Waals surface area contributed by atoms with E-state index < -0.39 is 0 Å². The molecule has 0 aliphatic carbocycles. The molecule has 3 heterocycles. The Bertz CT molecular complexity index is 985. The van der Waals surface area contributed by atoms with Gasteiger partial charge in [0.05, 0.1) is 0 Å². The lowest BCUT2D eigenvalue weighted by atomic mass is 10.2. The van der Waals surface area contributed by atoms with Crippen LogP contribution >= 0.6 is 23.1 Å². The van der Waals surface area contributed by atoms with Gasteiger partial charge in [0.15, 0.2) is 5.16 Å². The van der Waals surface area contributed by atoms with Gasteiger partial charge in [0.1, 0.15) is 6.33 Å². The summed E-state index contributed by atoms with van der Waals surface area (Å²) in [6.07, 6.45) is 4.58. The van der Waals surface area contributed by atoms with E-state index in [0.29, 0.717) is 18.6 Å². The lowest BCUT2D eigenvalue weighted by molar-refractivity contribution is -0.117. The Hall–Kier alpha value is -2.65. The molecule has 0 atom stereocenters. The molecule has 0 unspecified atom stereocenters. The third-order valence-corrected chi connectivity index (χ3v) is 6.77. The Morgan fingerprint density at radius 3 is 2.83 bits per heavy atom. The number of benzene rings is 1. The Kier molecular flexibility index (Phi) is 6.81. The smallest absolute Gasteiger partial charge is 0.227 e. The van der Waals surface area contributed by atoms with E-state index in [2.05, 4.69) is 33.0 Å². The van der Waals surface area contributed by atoms with E-state index in [1.165, 1.54) is 16.6 Å². The fraction of sp³-hybridized carbons (Fsp3) is 0.333. The van der Waals surface area contributed by atoms with Crippen LogP contribution in [0, 0.1) is 0 Å². The van der Waals surface area contributed by atoms with Crippen LogP contribution in [0.15, 0.2) is 53.3 Å². The van der Waals surface area contributed by atoms with Crippen LogP contribution in [0.2, 0.25) is 0 Å². The van der Waals surface area contributed by atoms with Crippen molar-refractivity contribution in [3.8, 4) is 0 Å². The first-order valence-corrected chi connectivity index (χ1v) is 11.8. The lowest BCUT2D eigenvalue weighted by Crippen LogP contribution is -2.23. The van der Waals surface area contributed by atoms with Crippen molar-refractivity contribution in [1.29, 1.82) is 0 Å². The van der Waals surface area contributed by atoms with Crippen LogP contribution in [-0.2, 0) is 22.6 Å². The predicted molar refractivity (Wildman–Crippen MR) is 120 cm³/mol. The summed E-state index contributed by atoms with van der Waals surface area (Å²) in [5.41, 5.74) is 1.62. The Morgan fingerprint density at radius 1 is 1.23 bits per heavy atom. The molecule has 1 N–H and O–H groups in total. The normalized spacial score (nSPS) is 13.7. The number of carbonyl (C=O) groups excluding carboxylic acids is 2. The summed E-state index contributed by atoms with van der Waals surface area (Å²) in [5, 5.41) is 14.0. The van der Waals surface area contributed by atoms with Crippen LogP contribution in [0.5, 0.6) is 0 Å². The van der Waals surface area contributed by atoms with Crippen LogP contribution in [0.3, 0.4) is 0 Å². The van der Waals surface area contributed by atoms with Crippen molar-refractivity contribution in [2.75, 3.05) is 22.5 Å². The van der Waals surface area contributed by atoms with Crippen LogP contribution in [-0.4, -0.2) is 38.9 Å². The van der Waals surface area contributed by atoms with Gasteiger partial charge >= 0.3 is 0 Å². The van der Waals surface area contributed by atoms with E-state index >= 15 is 0 Å². The van der Waals surface area contributed by atoms with Gasteiger partial charge in [0.25, 0.3) is 0 Å². The summed E-state index contributed by atoms with van der Waals surface area (Å²) in [7, 11) is 0. The number of hydrogen-bond acceptors (Lipinski definition) is 6. The van der Waals surface area contributed by atoms with Gasteiger partial charge in [-0.05, 0) is 48.6 Å². The number of aryl methyl sites for hydroxylation is 2. The number of anilines is 2. The Morgan fingerprint density at radius 2 is 2.10 bits per heavy atom. The topological polar surface area (TPSA) is 80.1 Å². The molecule has 3 aromatic rings. The minimum absolute atomic E-state index is 0.0443. The molecule has 156 valence electrons. The van der Waals surface area contributed by atoms with Crippen molar-refractivity contribution in [2.24, 2.45) is 0 Å². The number of carbonyl (C=O) groups is 2. The van der Waals surface area contributed by atoms with E-state index in [1.807, 2.05) is 28.8 Å². The van der Waals surface area contributed by atoms with Crippen molar-refractivity contribution >= 4 is 46.3 Å². The second-order valence-corrected chi connectivity index (χ2v) is 9.07. The molecule has 1 aliphatic heterocycles. The Labute approximate surface area is 183 Å². The first kappa shape index (κ1) is 20.6. The van der Waals surface area contributed by atoms with Gasteiger partial charge in [-0.3, -0.25) is 9.59 Å². The van der Waals surface area contributed by atoms with E-state index in [-0.39, 0.29) is 11.8 Å². The summed E-state index contributed by atoms with van der Waals surface area (Å²) in [5.74, 6) is 0.744. The zero-order chi connectivity index (χ0) is 20.8. The highest BCUT2D eigenvalue weighted by molar-refractivity contribution is 7.99. The standard InChI is InChI=1S/C21H23N5O2S2/c27-19(23-16-5-7-17(8-6-16)26-11-1-4-20(26)28)10-14-30-21-24-22-15-25(21)12-9-18-3-2-13-29-18/h2-3,5-8,13,15H,1,4,9-12,14H2,(H,23,27). The molecule has 2 aromatic heterocycles. The lowest BCUT2D eigenvalue weighted by Gasteiger charge is -2.16. The Balaban J connectivity index is 1.22. The number of nitrogens with one attached hydrogen (secondary N) is 1.